The quantitative estimate of drug-likeness (QED) is 0.0364. The van der Waals surface area contributed by atoms with Crippen LogP contribution < -0.4 is 5.32 Å². The standard InChI is InChI=1S/C41H77NO13/c1-3-5-7-9-11-12-13-14-15-16-17-19-20-22-24-30(45)29(42-33(46)25-23-21-18-10-8-6-4-2)28-52-40-38(51)36(49)39(32(27-44)54-40)55-41-37(50)35(48)34(47)31(26-43)53-41/h22,24,29-32,34-41,43-45,47-51H,3-21,23,25-28H2,1-2H3,(H,42,46)/b24-22+. The van der Waals surface area contributed by atoms with E-state index in [4.69, 9.17) is 18.9 Å². The molecule has 14 heteroatoms. The van der Waals surface area contributed by atoms with Crippen molar-refractivity contribution in [2.24, 2.45) is 0 Å². The fourth-order valence-electron chi connectivity index (χ4n) is 7.11. The number of carbonyl (C=O) groups is 1. The zero-order chi connectivity index (χ0) is 40.4. The summed E-state index contributed by atoms with van der Waals surface area (Å²) in [6.07, 6.45) is 10.0. The first-order valence-electron chi connectivity index (χ1n) is 21.4. The Hall–Kier alpha value is -1.27. The molecule has 14 nitrogen and oxygen atoms in total. The van der Waals surface area contributed by atoms with Crippen LogP contribution in [-0.2, 0) is 23.7 Å². The molecule has 0 bridgehead atoms. The molecule has 0 aliphatic carbocycles. The SMILES string of the molecule is CCCCCCCCCCCCCC/C=C/C(O)C(COC1OC(CO)C(OC2OC(CO)C(O)C(O)C2O)C(O)C1O)NC(=O)CCCCCCCCC. The molecule has 0 saturated carbocycles. The normalized spacial score (nSPS) is 29.8. The van der Waals surface area contributed by atoms with Crippen molar-refractivity contribution in [3.63, 3.8) is 0 Å². The third kappa shape index (κ3) is 18.9. The molecule has 12 atom stereocenters. The van der Waals surface area contributed by atoms with Gasteiger partial charge in [-0.2, -0.15) is 0 Å². The molecule has 324 valence electrons. The number of hydrogen-bond donors (Lipinski definition) is 9. The second kappa shape index (κ2) is 29.9. The number of carbonyl (C=O) groups excluding carboxylic acids is 1. The van der Waals surface area contributed by atoms with Gasteiger partial charge in [-0.15, -0.1) is 0 Å². The van der Waals surface area contributed by atoms with E-state index in [0.29, 0.717) is 6.42 Å². The molecule has 0 radical (unpaired) electrons. The minimum atomic E-state index is -1.78. The molecule has 2 heterocycles. The number of ether oxygens (including phenoxy) is 4. The maximum atomic E-state index is 13.0. The highest BCUT2D eigenvalue weighted by molar-refractivity contribution is 5.76. The van der Waals surface area contributed by atoms with Gasteiger partial charge in [-0.1, -0.05) is 135 Å². The summed E-state index contributed by atoms with van der Waals surface area (Å²) in [4.78, 5) is 13.0. The fraction of sp³-hybridized carbons (Fsp3) is 0.927. The van der Waals surface area contributed by atoms with Crippen LogP contribution in [0.5, 0.6) is 0 Å². The van der Waals surface area contributed by atoms with Gasteiger partial charge in [-0.05, 0) is 19.3 Å². The van der Waals surface area contributed by atoms with Crippen molar-refractivity contribution in [1.29, 1.82) is 0 Å². The fourth-order valence-corrected chi connectivity index (χ4v) is 7.11. The van der Waals surface area contributed by atoms with Crippen molar-refractivity contribution in [2.75, 3.05) is 19.8 Å². The molecular weight excluding hydrogens is 714 g/mol. The smallest absolute Gasteiger partial charge is 0.220 e. The van der Waals surface area contributed by atoms with E-state index in [0.717, 1.165) is 38.5 Å². The summed E-state index contributed by atoms with van der Waals surface area (Å²) in [5.74, 6) is -0.248. The third-order valence-corrected chi connectivity index (χ3v) is 10.7. The minimum Gasteiger partial charge on any atom is -0.394 e. The van der Waals surface area contributed by atoms with Crippen molar-refractivity contribution in [1.82, 2.24) is 5.32 Å². The molecule has 2 fully saturated rings. The predicted molar refractivity (Wildman–Crippen MR) is 208 cm³/mol. The molecule has 2 aliphatic rings. The number of aliphatic hydroxyl groups excluding tert-OH is 8. The van der Waals surface area contributed by atoms with Gasteiger partial charge >= 0.3 is 0 Å². The lowest BCUT2D eigenvalue weighted by atomic mass is 9.97. The van der Waals surface area contributed by atoms with Gasteiger partial charge in [0, 0.05) is 6.42 Å². The minimum absolute atomic E-state index is 0.248. The lowest BCUT2D eigenvalue weighted by Crippen LogP contribution is -2.65. The van der Waals surface area contributed by atoms with E-state index in [1.807, 2.05) is 6.08 Å². The lowest BCUT2D eigenvalue weighted by molar-refractivity contribution is -0.359. The Morgan fingerprint density at radius 2 is 1.13 bits per heavy atom. The summed E-state index contributed by atoms with van der Waals surface area (Å²) >= 11 is 0. The lowest BCUT2D eigenvalue weighted by Gasteiger charge is -2.46. The summed E-state index contributed by atoms with van der Waals surface area (Å²) < 4.78 is 22.5. The van der Waals surface area contributed by atoms with E-state index in [-0.39, 0.29) is 18.9 Å². The highest BCUT2D eigenvalue weighted by Crippen LogP contribution is 2.30. The number of aliphatic hydroxyl groups is 8. The molecular formula is C41H77NO13. The van der Waals surface area contributed by atoms with Crippen LogP contribution in [0.4, 0.5) is 0 Å². The average Bonchev–Trinajstić information content (AvgIpc) is 3.18. The van der Waals surface area contributed by atoms with Gasteiger partial charge < -0.3 is 65.1 Å². The monoisotopic (exact) mass is 792 g/mol. The summed E-state index contributed by atoms with van der Waals surface area (Å²) in [6.45, 7) is 2.70. The maximum absolute atomic E-state index is 13.0. The molecule has 2 aliphatic heterocycles. The van der Waals surface area contributed by atoms with Gasteiger partial charge in [0.05, 0.1) is 32.0 Å². The molecule has 1 amide bonds. The Kier molecular flexibility index (Phi) is 27.1. The summed E-state index contributed by atoms with van der Waals surface area (Å²) in [7, 11) is 0. The first-order valence-corrected chi connectivity index (χ1v) is 21.4. The van der Waals surface area contributed by atoms with E-state index in [9.17, 15) is 45.6 Å². The van der Waals surface area contributed by atoms with Gasteiger partial charge in [0.1, 0.15) is 48.8 Å². The second-order valence-corrected chi connectivity index (χ2v) is 15.5. The van der Waals surface area contributed by atoms with Gasteiger partial charge in [-0.3, -0.25) is 4.79 Å². The van der Waals surface area contributed by atoms with Crippen molar-refractivity contribution < 1.29 is 64.6 Å². The molecule has 0 spiro atoms. The van der Waals surface area contributed by atoms with E-state index in [1.165, 1.54) is 83.5 Å². The Morgan fingerprint density at radius 1 is 0.636 bits per heavy atom. The average molecular weight is 792 g/mol. The Labute approximate surface area is 329 Å². The van der Waals surface area contributed by atoms with E-state index < -0.39 is 86.8 Å². The number of amides is 1. The number of unbranched alkanes of at least 4 members (excludes halogenated alkanes) is 18. The number of nitrogens with one attached hydrogen (secondary N) is 1. The van der Waals surface area contributed by atoms with Crippen LogP contribution in [0.25, 0.3) is 0 Å². The zero-order valence-electron chi connectivity index (χ0n) is 33.7. The van der Waals surface area contributed by atoms with Crippen molar-refractivity contribution >= 4 is 5.91 Å². The van der Waals surface area contributed by atoms with Crippen LogP contribution in [0.15, 0.2) is 12.2 Å². The Balaban J connectivity index is 1.92. The van der Waals surface area contributed by atoms with Crippen LogP contribution in [0.1, 0.15) is 149 Å². The maximum Gasteiger partial charge on any atom is 0.220 e. The van der Waals surface area contributed by atoms with Gasteiger partial charge in [-0.25, -0.2) is 0 Å². The molecule has 2 rings (SSSR count). The molecule has 12 unspecified atom stereocenters. The predicted octanol–water partition coefficient (Wildman–Crippen LogP) is 3.26. The van der Waals surface area contributed by atoms with Crippen molar-refractivity contribution in [3.05, 3.63) is 12.2 Å². The van der Waals surface area contributed by atoms with E-state index in [2.05, 4.69) is 19.2 Å². The summed E-state index contributed by atoms with van der Waals surface area (Å²) in [5, 5.41) is 86.1. The van der Waals surface area contributed by atoms with Crippen molar-refractivity contribution in [3.8, 4) is 0 Å². The van der Waals surface area contributed by atoms with Crippen LogP contribution in [0.2, 0.25) is 0 Å². The number of allylic oxidation sites excluding steroid dienone is 1. The first kappa shape index (κ1) is 49.9. The van der Waals surface area contributed by atoms with Crippen LogP contribution >= 0.6 is 0 Å². The molecule has 0 aromatic heterocycles. The van der Waals surface area contributed by atoms with Crippen LogP contribution in [0.3, 0.4) is 0 Å². The van der Waals surface area contributed by atoms with E-state index >= 15 is 0 Å². The second-order valence-electron chi connectivity index (χ2n) is 15.5. The van der Waals surface area contributed by atoms with Gasteiger partial charge in [0.2, 0.25) is 5.91 Å². The summed E-state index contributed by atoms with van der Waals surface area (Å²) in [5.41, 5.74) is 0. The third-order valence-electron chi connectivity index (χ3n) is 10.7. The van der Waals surface area contributed by atoms with Crippen molar-refractivity contribution in [2.45, 2.75) is 222 Å². The van der Waals surface area contributed by atoms with E-state index in [1.54, 1.807) is 6.08 Å². The number of hydrogen-bond acceptors (Lipinski definition) is 13. The largest absolute Gasteiger partial charge is 0.394 e. The molecule has 0 aromatic rings. The number of rotatable bonds is 31. The summed E-state index contributed by atoms with van der Waals surface area (Å²) in [6, 6.07) is -0.904. The Morgan fingerprint density at radius 3 is 1.67 bits per heavy atom. The zero-order valence-corrected chi connectivity index (χ0v) is 33.7. The highest BCUT2D eigenvalue weighted by Gasteiger charge is 2.50. The Bertz CT molecular complexity index is 988. The van der Waals surface area contributed by atoms with Crippen LogP contribution in [0, 0.1) is 0 Å². The van der Waals surface area contributed by atoms with Gasteiger partial charge in [0.25, 0.3) is 0 Å². The van der Waals surface area contributed by atoms with Crippen LogP contribution in [-0.4, -0.2) is 140 Å². The molecule has 0 aromatic carbocycles. The topological polar surface area (TPSA) is 228 Å². The molecule has 9 N–H and O–H groups in total. The van der Waals surface area contributed by atoms with Gasteiger partial charge in [0.15, 0.2) is 12.6 Å². The molecule has 2 saturated heterocycles. The molecule has 55 heavy (non-hydrogen) atoms. The first-order chi connectivity index (χ1) is 26.6. The highest BCUT2D eigenvalue weighted by atomic mass is 16.7.